The first kappa shape index (κ1) is 22.1. The van der Waals surface area contributed by atoms with E-state index in [0.717, 1.165) is 33.2 Å². The van der Waals surface area contributed by atoms with Gasteiger partial charge in [0.05, 0.1) is 16.2 Å². The second-order valence-corrected chi connectivity index (χ2v) is 8.81. The number of nitro benzene ring substituents is 1. The predicted molar refractivity (Wildman–Crippen MR) is 128 cm³/mol. The lowest BCUT2D eigenvalue weighted by molar-refractivity contribution is -0.384. The van der Waals surface area contributed by atoms with E-state index in [9.17, 15) is 23.3 Å². The van der Waals surface area contributed by atoms with Gasteiger partial charge in [-0.05, 0) is 22.9 Å². The molecule has 34 heavy (non-hydrogen) atoms. The maximum atomic E-state index is 13.0. The number of fused-ring (bicyclic) bond motifs is 1. The molecule has 0 atom stereocenters. The number of benzene rings is 3. The Morgan fingerprint density at radius 1 is 0.941 bits per heavy atom. The first-order valence-electron chi connectivity index (χ1n) is 10.6. The van der Waals surface area contributed by atoms with Crippen LogP contribution >= 0.6 is 11.3 Å². The summed E-state index contributed by atoms with van der Waals surface area (Å²) in [5, 5.41) is 16.6. The highest BCUT2D eigenvalue weighted by Gasteiger charge is 2.34. The molecular formula is C24H19F3N4O2S. The van der Waals surface area contributed by atoms with Gasteiger partial charge in [0.15, 0.2) is 5.13 Å². The Hall–Kier alpha value is -3.66. The molecule has 6 nitrogen and oxygen atoms in total. The molecule has 1 fully saturated rings. The Balaban J connectivity index is 1.34. The quantitative estimate of drug-likeness (QED) is 0.254. The smallest absolute Gasteiger partial charge is 0.362 e. The molecule has 1 aliphatic heterocycles. The lowest BCUT2D eigenvalue weighted by atomic mass is 10.0. The minimum atomic E-state index is -4.63. The molecule has 1 aromatic heterocycles. The van der Waals surface area contributed by atoms with E-state index in [2.05, 4.69) is 23.1 Å². The number of hydrogen-bond acceptors (Lipinski definition) is 6. The number of alkyl halides is 3. The molecule has 0 saturated carbocycles. The van der Waals surface area contributed by atoms with Crippen LogP contribution in [-0.2, 0) is 6.18 Å². The highest BCUT2D eigenvalue weighted by molar-refractivity contribution is 7.14. The maximum absolute atomic E-state index is 13.0. The van der Waals surface area contributed by atoms with Crippen molar-refractivity contribution >= 4 is 38.6 Å². The minimum absolute atomic E-state index is 0.202. The second kappa shape index (κ2) is 8.60. The van der Waals surface area contributed by atoms with E-state index in [1.54, 1.807) is 4.90 Å². The predicted octanol–water partition coefficient (Wildman–Crippen LogP) is 6.22. The van der Waals surface area contributed by atoms with Crippen molar-refractivity contribution in [3.8, 4) is 11.3 Å². The number of aromatic nitrogens is 1. The molecule has 0 spiro atoms. The van der Waals surface area contributed by atoms with Gasteiger partial charge >= 0.3 is 6.18 Å². The largest absolute Gasteiger partial charge is 0.416 e. The van der Waals surface area contributed by atoms with Crippen LogP contribution < -0.4 is 9.80 Å². The van der Waals surface area contributed by atoms with E-state index in [1.807, 2.05) is 29.6 Å². The zero-order chi connectivity index (χ0) is 23.9. The minimum Gasteiger partial charge on any atom is -0.362 e. The van der Waals surface area contributed by atoms with Crippen molar-refractivity contribution in [3.63, 3.8) is 0 Å². The van der Waals surface area contributed by atoms with Crippen molar-refractivity contribution in [2.24, 2.45) is 0 Å². The van der Waals surface area contributed by atoms with Crippen LogP contribution in [0, 0.1) is 10.1 Å². The summed E-state index contributed by atoms with van der Waals surface area (Å²) in [7, 11) is 0. The molecule has 2 heterocycles. The third-order valence-electron chi connectivity index (χ3n) is 5.95. The van der Waals surface area contributed by atoms with E-state index >= 15 is 0 Å². The Kier molecular flexibility index (Phi) is 5.60. The summed E-state index contributed by atoms with van der Waals surface area (Å²) in [5.41, 5.74) is 0.589. The SMILES string of the molecule is O=[N+]([O-])c1cc(C(F)(F)F)ccc1N1CCN(c2nc(-c3cccc4ccccc34)cs2)CC1. The van der Waals surface area contributed by atoms with Gasteiger partial charge in [0, 0.05) is 43.2 Å². The molecule has 0 aliphatic carbocycles. The lowest BCUT2D eigenvalue weighted by Gasteiger charge is -2.35. The van der Waals surface area contributed by atoms with Crippen molar-refractivity contribution in [1.82, 2.24) is 4.98 Å². The van der Waals surface area contributed by atoms with Gasteiger partial charge in [0.1, 0.15) is 5.69 Å². The Bertz CT molecular complexity index is 1360. The first-order chi connectivity index (χ1) is 16.3. The van der Waals surface area contributed by atoms with Crippen LogP contribution in [0.4, 0.5) is 29.7 Å². The number of halogens is 3. The van der Waals surface area contributed by atoms with Crippen LogP contribution in [0.15, 0.2) is 66.0 Å². The van der Waals surface area contributed by atoms with Crippen LogP contribution in [0.2, 0.25) is 0 Å². The van der Waals surface area contributed by atoms with Gasteiger partial charge in [0.2, 0.25) is 0 Å². The summed E-state index contributed by atoms with van der Waals surface area (Å²) in [5.74, 6) is 0. The zero-order valence-electron chi connectivity index (χ0n) is 17.8. The molecule has 1 aliphatic rings. The number of anilines is 2. The molecule has 3 aromatic carbocycles. The first-order valence-corrected chi connectivity index (χ1v) is 11.5. The van der Waals surface area contributed by atoms with Crippen molar-refractivity contribution in [2.45, 2.75) is 6.18 Å². The van der Waals surface area contributed by atoms with Gasteiger partial charge in [-0.3, -0.25) is 10.1 Å². The zero-order valence-corrected chi connectivity index (χ0v) is 18.6. The standard InChI is InChI=1S/C24H19F3N4O2S/c25-24(26,27)17-8-9-21(22(14-17)31(32)33)29-10-12-30(13-11-29)23-28-20(15-34-23)19-7-3-5-16-4-1-2-6-18(16)19/h1-9,14-15H,10-13H2. The van der Waals surface area contributed by atoms with E-state index < -0.39 is 22.4 Å². The number of thiazole rings is 1. The molecule has 0 radical (unpaired) electrons. The third-order valence-corrected chi connectivity index (χ3v) is 6.85. The molecule has 1 saturated heterocycles. The second-order valence-electron chi connectivity index (χ2n) is 7.97. The summed E-state index contributed by atoms with van der Waals surface area (Å²) in [6.07, 6.45) is -4.63. The number of piperazine rings is 1. The Labute approximate surface area is 197 Å². The Morgan fingerprint density at radius 3 is 2.38 bits per heavy atom. The van der Waals surface area contributed by atoms with Crippen molar-refractivity contribution < 1.29 is 18.1 Å². The molecule has 174 valence electrons. The van der Waals surface area contributed by atoms with Crippen LogP contribution in [0.1, 0.15) is 5.56 Å². The molecule has 0 bridgehead atoms. The van der Waals surface area contributed by atoms with Gasteiger partial charge in [-0.2, -0.15) is 13.2 Å². The van der Waals surface area contributed by atoms with E-state index in [1.165, 1.54) is 17.4 Å². The topological polar surface area (TPSA) is 62.5 Å². The van der Waals surface area contributed by atoms with Gasteiger partial charge < -0.3 is 9.80 Å². The van der Waals surface area contributed by atoms with Crippen molar-refractivity contribution in [2.75, 3.05) is 36.0 Å². The summed E-state index contributed by atoms with van der Waals surface area (Å²) in [6, 6.07) is 16.9. The van der Waals surface area contributed by atoms with E-state index in [-0.39, 0.29) is 5.69 Å². The van der Waals surface area contributed by atoms with Crippen LogP contribution in [0.5, 0.6) is 0 Å². The van der Waals surface area contributed by atoms with Crippen LogP contribution in [-0.4, -0.2) is 36.1 Å². The highest BCUT2D eigenvalue weighted by Crippen LogP contribution is 2.37. The molecule has 0 N–H and O–H groups in total. The number of hydrogen-bond donors (Lipinski definition) is 0. The van der Waals surface area contributed by atoms with Gasteiger partial charge in [-0.1, -0.05) is 42.5 Å². The molecular weight excluding hydrogens is 465 g/mol. The fourth-order valence-electron chi connectivity index (χ4n) is 4.23. The van der Waals surface area contributed by atoms with Gasteiger partial charge in [-0.25, -0.2) is 4.98 Å². The molecule has 0 unspecified atom stereocenters. The lowest BCUT2D eigenvalue weighted by Crippen LogP contribution is -2.46. The number of nitro groups is 1. The average molecular weight is 485 g/mol. The summed E-state index contributed by atoms with van der Waals surface area (Å²) in [6.45, 7) is 1.99. The van der Waals surface area contributed by atoms with E-state index in [0.29, 0.717) is 32.2 Å². The fraction of sp³-hybridized carbons (Fsp3) is 0.208. The summed E-state index contributed by atoms with van der Waals surface area (Å²) >= 11 is 1.53. The third kappa shape index (κ3) is 4.16. The maximum Gasteiger partial charge on any atom is 0.416 e. The number of nitrogens with zero attached hydrogens (tertiary/aromatic N) is 4. The average Bonchev–Trinajstić information content (AvgIpc) is 3.33. The monoisotopic (exact) mass is 484 g/mol. The van der Waals surface area contributed by atoms with Crippen LogP contribution in [0.25, 0.3) is 22.0 Å². The number of rotatable bonds is 4. The fourth-order valence-corrected chi connectivity index (χ4v) is 5.11. The molecule has 4 aromatic rings. The summed E-state index contributed by atoms with van der Waals surface area (Å²) in [4.78, 5) is 19.4. The van der Waals surface area contributed by atoms with Crippen molar-refractivity contribution in [1.29, 1.82) is 0 Å². The van der Waals surface area contributed by atoms with Gasteiger partial charge in [0.25, 0.3) is 5.69 Å². The van der Waals surface area contributed by atoms with Crippen LogP contribution in [0.3, 0.4) is 0 Å². The molecule has 5 rings (SSSR count). The van der Waals surface area contributed by atoms with Crippen molar-refractivity contribution in [3.05, 3.63) is 81.7 Å². The Morgan fingerprint density at radius 2 is 1.65 bits per heavy atom. The highest BCUT2D eigenvalue weighted by atomic mass is 32.1. The van der Waals surface area contributed by atoms with Gasteiger partial charge in [-0.15, -0.1) is 11.3 Å². The molecule has 10 heteroatoms. The summed E-state index contributed by atoms with van der Waals surface area (Å²) < 4.78 is 39.0. The van der Waals surface area contributed by atoms with E-state index in [4.69, 9.17) is 4.98 Å². The molecule has 0 amide bonds. The normalized spacial score (nSPS) is 14.6.